The van der Waals surface area contributed by atoms with Crippen LogP contribution in [0.2, 0.25) is 0 Å². The molecule has 6 nitrogen and oxygen atoms in total. The minimum absolute atomic E-state index is 0.0770. The molecule has 0 spiro atoms. The minimum atomic E-state index is -0.464. The predicted octanol–water partition coefficient (Wildman–Crippen LogP) is 2.87. The normalized spacial score (nSPS) is 16.8. The number of hydrogen-bond donors (Lipinski definition) is 0. The van der Waals surface area contributed by atoms with Crippen LogP contribution in [-0.4, -0.2) is 37.9 Å². The van der Waals surface area contributed by atoms with Crippen molar-refractivity contribution in [2.75, 3.05) is 19.8 Å². The summed E-state index contributed by atoms with van der Waals surface area (Å²) in [5.41, 5.74) is 0. The maximum atomic E-state index is 11.9. The van der Waals surface area contributed by atoms with Crippen molar-refractivity contribution in [2.45, 2.75) is 25.9 Å². The zero-order chi connectivity index (χ0) is 17.6. The minimum Gasteiger partial charge on any atom is -0.427 e. The first kappa shape index (κ1) is 17.4. The molecular formula is C19H20O6. The van der Waals surface area contributed by atoms with Gasteiger partial charge in [-0.25, -0.2) is 4.79 Å². The van der Waals surface area contributed by atoms with Crippen LogP contribution in [0.4, 0.5) is 0 Å². The summed E-state index contributed by atoms with van der Waals surface area (Å²) in [7, 11) is 0. The average molecular weight is 344 g/mol. The summed E-state index contributed by atoms with van der Waals surface area (Å²) in [6.45, 7) is 2.38. The van der Waals surface area contributed by atoms with Gasteiger partial charge in [-0.3, -0.25) is 4.79 Å². The third-order valence-corrected chi connectivity index (χ3v) is 3.82. The molecule has 0 N–H and O–H groups in total. The molecule has 25 heavy (non-hydrogen) atoms. The standard InChI is InChI=1S/C19H20O6/c1-13(20)24-16-6-4-14-5-7-17(10-15(14)9-16)25-19(21)12-22-11-18-3-2-8-23-18/h4-7,9-10,18H,2-3,8,11-12H2,1H3. The summed E-state index contributed by atoms with van der Waals surface area (Å²) in [4.78, 5) is 22.9. The Balaban J connectivity index is 1.58. The van der Waals surface area contributed by atoms with Crippen molar-refractivity contribution in [1.29, 1.82) is 0 Å². The van der Waals surface area contributed by atoms with Gasteiger partial charge in [0, 0.05) is 13.5 Å². The number of carbonyl (C=O) groups is 2. The fourth-order valence-corrected chi connectivity index (χ4v) is 2.71. The fraction of sp³-hybridized carbons (Fsp3) is 0.368. The molecule has 1 saturated heterocycles. The monoisotopic (exact) mass is 344 g/mol. The summed E-state index contributed by atoms with van der Waals surface area (Å²) < 4.78 is 21.1. The highest BCUT2D eigenvalue weighted by Crippen LogP contribution is 2.25. The Morgan fingerprint density at radius 2 is 1.80 bits per heavy atom. The van der Waals surface area contributed by atoms with E-state index in [0.29, 0.717) is 18.1 Å². The van der Waals surface area contributed by atoms with Crippen molar-refractivity contribution in [3.63, 3.8) is 0 Å². The number of fused-ring (bicyclic) bond motifs is 1. The lowest BCUT2D eigenvalue weighted by atomic mass is 10.1. The van der Waals surface area contributed by atoms with E-state index >= 15 is 0 Å². The van der Waals surface area contributed by atoms with Crippen LogP contribution in [0.5, 0.6) is 11.5 Å². The van der Waals surface area contributed by atoms with Gasteiger partial charge in [-0.05, 0) is 47.9 Å². The average Bonchev–Trinajstić information content (AvgIpc) is 3.07. The van der Waals surface area contributed by atoms with Crippen LogP contribution in [0.15, 0.2) is 36.4 Å². The maximum absolute atomic E-state index is 11.9. The quantitative estimate of drug-likeness (QED) is 0.593. The zero-order valence-electron chi connectivity index (χ0n) is 14.0. The zero-order valence-corrected chi connectivity index (χ0v) is 14.0. The van der Waals surface area contributed by atoms with Gasteiger partial charge in [0.05, 0.1) is 12.7 Å². The highest BCUT2D eigenvalue weighted by Gasteiger charge is 2.16. The predicted molar refractivity (Wildman–Crippen MR) is 90.7 cm³/mol. The Morgan fingerprint density at radius 3 is 2.44 bits per heavy atom. The maximum Gasteiger partial charge on any atom is 0.337 e. The van der Waals surface area contributed by atoms with Crippen LogP contribution in [0.3, 0.4) is 0 Å². The highest BCUT2D eigenvalue weighted by molar-refractivity contribution is 5.86. The van der Waals surface area contributed by atoms with Crippen molar-refractivity contribution in [2.24, 2.45) is 0 Å². The molecular weight excluding hydrogens is 324 g/mol. The van der Waals surface area contributed by atoms with E-state index in [9.17, 15) is 9.59 Å². The summed E-state index contributed by atoms with van der Waals surface area (Å²) >= 11 is 0. The molecule has 1 aliphatic heterocycles. The molecule has 1 aliphatic rings. The van der Waals surface area contributed by atoms with Crippen molar-refractivity contribution < 1.29 is 28.5 Å². The Hall–Kier alpha value is -2.44. The van der Waals surface area contributed by atoms with Crippen LogP contribution in [0, 0.1) is 0 Å². The largest absolute Gasteiger partial charge is 0.427 e. The number of benzene rings is 2. The van der Waals surface area contributed by atoms with Gasteiger partial charge in [0.25, 0.3) is 0 Å². The SMILES string of the molecule is CC(=O)Oc1ccc2ccc(OC(=O)COCC3CCCO3)cc2c1. The van der Waals surface area contributed by atoms with Crippen molar-refractivity contribution in [3.05, 3.63) is 36.4 Å². The Morgan fingerprint density at radius 1 is 1.08 bits per heavy atom. The van der Waals surface area contributed by atoms with Gasteiger partial charge in [-0.2, -0.15) is 0 Å². The molecule has 0 amide bonds. The molecule has 0 saturated carbocycles. The number of hydrogen-bond acceptors (Lipinski definition) is 6. The van der Waals surface area contributed by atoms with E-state index in [1.807, 2.05) is 12.1 Å². The van der Waals surface area contributed by atoms with Crippen LogP contribution < -0.4 is 9.47 Å². The molecule has 1 heterocycles. The lowest BCUT2D eigenvalue weighted by Crippen LogP contribution is -2.21. The lowest BCUT2D eigenvalue weighted by Gasteiger charge is -2.10. The van der Waals surface area contributed by atoms with E-state index in [0.717, 1.165) is 30.2 Å². The molecule has 1 unspecified atom stereocenters. The van der Waals surface area contributed by atoms with E-state index in [2.05, 4.69) is 0 Å². The van der Waals surface area contributed by atoms with Crippen LogP contribution in [0.25, 0.3) is 10.8 Å². The molecule has 0 aromatic heterocycles. The van der Waals surface area contributed by atoms with E-state index < -0.39 is 5.97 Å². The highest BCUT2D eigenvalue weighted by atomic mass is 16.6. The third kappa shape index (κ3) is 5.01. The molecule has 0 bridgehead atoms. The molecule has 2 aromatic carbocycles. The second kappa shape index (κ2) is 8.09. The van der Waals surface area contributed by atoms with Gasteiger partial charge >= 0.3 is 11.9 Å². The molecule has 0 radical (unpaired) electrons. The Bertz CT molecular complexity index is 764. The first-order valence-electron chi connectivity index (χ1n) is 8.22. The van der Waals surface area contributed by atoms with Gasteiger partial charge in [0.15, 0.2) is 0 Å². The van der Waals surface area contributed by atoms with Gasteiger partial charge in [-0.1, -0.05) is 12.1 Å². The van der Waals surface area contributed by atoms with Gasteiger partial charge in [-0.15, -0.1) is 0 Å². The number of rotatable bonds is 6. The van der Waals surface area contributed by atoms with Gasteiger partial charge in [0.1, 0.15) is 18.1 Å². The number of carbonyl (C=O) groups excluding carboxylic acids is 2. The third-order valence-electron chi connectivity index (χ3n) is 3.82. The summed E-state index contributed by atoms with van der Waals surface area (Å²) in [6.07, 6.45) is 2.07. The molecule has 2 aromatic rings. The Labute approximate surface area is 145 Å². The van der Waals surface area contributed by atoms with Gasteiger partial charge in [0.2, 0.25) is 0 Å². The number of esters is 2. The fourth-order valence-electron chi connectivity index (χ4n) is 2.71. The van der Waals surface area contributed by atoms with Gasteiger partial charge < -0.3 is 18.9 Å². The molecule has 132 valence electrons. The van der Waals surface area contributed by atoms with E-state index in [1.165, 1.54) is 6.92 Å². The van der Waals surface area contributed by atoms with Crippen LogP contribution in [-0.2, 0) is 19.1 Å². The summed E-state index contributed by atoms with van der Waals surface area (Å²) in [6, 6.07) is 10.6. The first-order valence-corrected chi connectivity index (χ1v) is 8.22. The summed E-state index contributed by atoms with van der Waals surface area (Å²) in [5.74, 6) is 0.0142. The number of ether oxygens (including phenoxy) is 4. The van der Waals surface area contributed by atoms with E-state index in [4.69, 9.17) is 18.9 Å². The van der Waals surface area contributed by atoms with Crippen molar-refractivity contribution >= 4 is 22.7 Å². The first-order chi connectivity index (χ1) is 12.1. The topological polar surface area (TPSA) is 71.1 Å². The Kier molecular flexibility index (Phi) is 5.63. The van der Waals surface area contributed by atoms with E-state index in [-0.39, 0.29) is 18.7 Å². The smallest absolute Gasteiger partial charge is 0.337 e. The molecule has 1 fully saturated rings. The lowest BCUT2D eigenvalue weighted by molar-refractivity contribution is -0.140. The van der Waals surface area contributed by atoms with Crippen LogP contribution >= 0.6 is 0 Å². The molecule has 0 aliphatic carbocycles. The van der Waals surface area contributed by atoms with Crippen molar-refractivity contribution in [3.8, 4) is 11.5 Å². The van der Waals surface area contributed by atoms with Crippen LogP contribution in [0.1, 0.15) is 19.8 Å². The van der Waals surface area contributed by atoms with E-state index in [1.54, 1.807) is 24.3 Å². The second-order valence-corrected chi connectivity index (χ2v) is 5.89. The molecule has 3 rings (SSSR count). The molecule has 1 atom stereocenters. The molecule has 6 heteroatoms. The second-order valence-electron chi connectivity index (χ2n) is 5.89. The summed E-state index contributed by atoms with van der Waals surface area (Å²) in [5, 5.41) is 1.76. The van der Waals surface area contributed by atoms with Crippen molar-refractivity contribution in [1.82, 2.24) is 0 Å².